The topological polar surface area (TPSA) is 97.1 Å². The van der Waals surface area contributed by atoms with Gasteiger partial charge in [0.25, 0.3) is 5.91 Å². The maximum Gasteiger partial charge on any atom is 0.269 e. The fourth-order valence-corrected chi connectivity index (χ4v) is 3.74. The average Bonchev–Trinajstić information content (AvgIpc) is 3.33. The molecule has 4 rings (SSSR count). The van der Waals surface area contributed by atoms with E-state index in [4.69, 9.17) is 16.0 Å². The molecule has 0 radical (unpaired) electrons. The quantitative estimate of drug-likeness (QED) is 0.301. The van der Waals surface area contributed by atoms with Crippen molar-refractivity contribution < 1.29 is 14.0 Å². The number of halogens is 1. The first-order chi connectivity index (χ1) is 16.0. The zero-order valence-corrected chi connectivity index (χ0v) is 19.1. The van der Waals surface area contributed by atoms with Gasteiger partial charge in [-0.15, -0.1) is 22.0 Å². The number of carbonyl (C=O) groups is 2. The molecule has 2 amide bonds. The van der Waals surface area contributed by atoms with Crippen LogP contribution in [0.4, 0.5) is 0 Å². The van der Waals surface area contributed by atoms with Crippen molar-refractivity contribution in [3.63, 3.8) is 0 Å². The lowest BCUT2D eigenvalue weighted by atomic mass is 10.1. The minimum absolute atomic E-state index is 0.154. The molecule has 0 saturated carbocycles. The predicted octanol–water partition coefficient (Wildman–Crippen LogP) is 4.92. The monoisotopic (exact) mass is 478 g/mol. The number of thioether (sulfide) groups is 1. The fraction of sp³-hybridized carbons (Fsp3) is 0.0833. The van der Waals surface area contributed by atoms with Crippen molar-refractivity contribution in [3.8, 4) is 22.9 Å². The van der Waals surface area contributed by atoms with Gasteiger partial charge in [-0.3, -0.25) is 20.4 Å². The van der Waals surface area contributed by atoms with E-state index in [1.807, 2.05) is 43.3 Å². The molecule has 0 fully saturated rings. The number of aryl methyl sites for hydroxylation is 1. The number of nitrogens with zero attached hydrogens (tertiary/aromatic N) is 2. The van der Waals surface area contributed by atoms with Crippen LogP contribution in [0.25, 0.3) is 22.9 Å². The third-order valence-corrected chi connectivity index (χ3v) is 5.85. The Morgan fingerprint density at radius 3 is 2.30 bits per heavy atom. The second kappa shape index (κ2) is 10.3. The summed E-state index contributed by atoms with van der Waals surface area (Å²) in [6, 6.07) is 21.6. The van der Waals surface area contributed by atoms with Gasteiger partial charge in [-0.2, -0.15) is 0 Å². The highest BCUT2D eigenvalue weighted by Gasteiger charge is 2.13. The summed E-state index contributed by atoms with van der Waals surface area (Å²) in [5, 5.41) is 8.83. The maximum atomic E-state index is 12.3. The molecule has 1 heterocycles. The summed E-state index contributed by atoms with van der Waals surface area (Å²) in [7, 11) is 0. The number of carbonyl (C=O) groups excluding carboxylic acids is 2. The SMILES string of the molecule is Cc1cccc(-c2nnc(-c3ccc(C(=O)NNC(=O)CSc4ccc(Cl)cc4)cc3)o2)c1. The van der Waals surface area contributed by atoms with E-state index in [0.717, 1.165) is 16.0 Å². The number of rotatable bonds is 6. The Morgan fingerprint density at radius 2 is 1.61 bits per heavy atom. The van der Waals surface area contributed by atoms with Crippen molar-refractivity contribution in [3.05, 3.63) is 88.9 Å². The van der Waals surface area contributed by atoms with Gasteiger partial charge in [0.15, 0.2) is 0 Å². The van der Waals surface area contributed by atoms with E-state index < -0.39 is 5.91 Å². The van der Waals surface area contributed by atoms with Gasteiger partial charge in [0.1, 0.15) is 0 Å². The van der Waals surface area contributed by atoms with E-state index in [2.05, 4.69) is 21.0 Å². The highest BCUT2D eigenvalue weighted by atomic mass is 35.5. The zero-order chi connectivity index (χ0) is 23.2. The Labute approximate surface area is 199 Å². The van der Waals surface area contributed by atoms with E-state index in [9.17, 15) is 9.59 Å². The first-order valence-electron chi connectivity index (χ1n) is 9.96. The largest absolute Gasteiger partial charge is 0.416 e. The Hall–Kier alpha value is -3.62. The van der Waals surface area contributed by atoms with Crippen LogP contribution < -0.4 is 10.9 Å². The molecule has 7 nitrogen and oxygen atoms in total. The number of aromatic nitrogens is 2. The summed E-state index contributed by atoms with van der Waals surface area (Å²) in [5.41, 5.74) is 7.82. The molecule has 2 N–H and O–H groups in total. The normalized spacial score (nSPS) is 10.6. The van der Waals surface area contributed by atoms with Crippen LogP contribution in [0.5, 0.6) is 0 Å². The van der Waals surface area contributed by atoms with Gasteiger partial charge < -0.3 is 4.42 Å². The molecule has 166 valence electrons. The van der Waals surface area contributed by atoms with Crippen LogP contribution in [0.3, 0.4) is 0 Å². The van der Waals surface area contributed by atoms with Gasteiger partial charge >= 0.3 is 0 Å². The van der Waals surface area contributed by atoms with Crippen LogP contribution in [-0.4, -0.2) is 27.8 Å². The molecule has 0 spiro atoms. The fourth-order valence-electron chi connectivity index (χ4n) is 2.91. The lowest BCUT2D eigenvalue weighted by molar-refractivity contribution is -0.119. The molecular formula is C24H19ClN4O3S. The number of benzene rings is 3. The van der Waals surface area contributed by atoms with Gasteiger partial charge in [-0.05, 0) is 67.6 Å². The molecule has 1 aromatic heterocycles. The van der Waals surface area contributed by atoms with Gasteiger partial charge in [0.2, 0.25) is 17.7 Å². The molecule has 0 aliphatic heterocycles. The van der Waals surface area contributed by atoms with Crippen molar-refractivity contribution in [1.82, 2.24) is 21.0 Å². The Morgan fingerprint density at radius 1 is 0.909 bits per heavy atom. The van der Waals surface area contributed by atoms with Crippen LogP contribution >= 0.6 is 23.4 Å². The minimum Gasteiger partial charge on any atom is -0.416 e. The van der Waals surface area contributed by atoms with Crippen LogP contribution in [0.2, 0.25) is 5.02 Å². The number of hydrazine groups is 1. The smallest absolute Gasteiger partial charge is 0.269 e. The Bertz CT molecular complexity index is 1270. The van der Waals surface area contributed by atoms with Gasteiger partial charge in [-0.1, -0.05) is 29.3 Å². The lowest BCUT2D eigenvalue weighted by Crippen LogP contribution is -2.42. The van der Waals surface area contributed by atoms with Crippen LogP contribution in [0, 0.1) is 6.92 Å². The molecule has 0 aliphatic carbocycles. The van der Waals surface area contributed by atoms with Crippen LogP contribution in [-0.2, 0) is 4.79 Å². The van der Waals surface area contributed by atoms with Crippen molar-refractivity contribution in [1.29, 1.82) is 0 Å². The van der Waals surface area contributed by atoms with Crippen molar-refractivity contribution in [2.24, 2.45) is 0 Å². The molecule has 3 aromatic carbocycles. The molecule has 0 unspecified atom stereocenters. The number of nitrogens with one attached hydrogen (secondary N) is 2. The molecule has 0 aliphatic rings. The van der Waals surface area contributed by atoms with Gasteiger partial charge in [0, 0.05) is 26.6 Å². The highest BCUT2D eigenvalue weighted by Crippen LogP contribution is 2.24. The third-order valence-electron chi connectivity index (χ3n) is 4.58. The number of hydrogen-bond donors (Lipinski definition) is 2. The molecule has 0 bridgehead atoms. The van der Waals surface area contributed by atoms with E-state index in [1.54, 1.807) is 36.4 Å². The second-order valence-electron chi connectivity index (χ2n) is 7.10. The molecule has 33 heavy (non-hydrogen) atoms. The van der Waals surface area contributed by atoms with Crippen molar-refractivity contribution in [2.75, 3.05) is 5.75 Å². The summed E-state index contributed by atoms with van der Waals surface area (Å²) >= 11 is 7.19. The first kappa shape index (κ1) is 22.6. The summed E-state index contributed by atoms with van der Waals surface area (Å²) < 4.78 is 5.77. The summed E-state index contributed by atoms with van der Waals surface area (Å²) in [6.45, 7) is 1.99. The van der Waals surface area contributed by atoms with Crippen molar-refractivity contribution in [2.45, 2.75) is 11.8 Å². The summed E-state index contributed by atoms with van der Waals surface area (Å²) in [5.74, 6) is 0.175. The molecule has 0 saturated heterocycles. The van der Waals surface area contributed by atoms with E-state index in [-0.39, 0.29) is 11.7 Å². The van der Waals surface area contributed by atoms with E-state index in [1.165, 1.54) is 11.8 Å². The Kier molecular flexibility index (Phi) is 7.07. The van der Waals surface area contributed by atoms with Gasteiger partial charge in [0.05, 0.1) is 5.75 Å². The molecular weight excluding hydrogens is 460 g/mol. The second-order valence-corrected chi connectivity index (χ2v) is 8.59. The molecule has 9 heteroatoms. The maximum absolute atomic E-state index is 12.3. The van der Waals surface area contributed by atoms with Crippen LogP contribution in [0.15, 0.2) is 82.1 Å². The summed E-state index contributed by atoms with van der Waals surface area (Å²) in [6.07, 6.45) is 0. The van der Waals surface area contributed by atoms with Crippen molar-refractivity contribution >= 4 is 35.2 Å². The predicted molar refractivity (Wildman–Crippen MR) is 128 cm³/mol. The number of amides is 2. The molecule has 4 aromatic rings. The lowest BCUT2D eigenvalue weighted by Gasteiger charge is -2.07. The molecule has 0 atom stereocenters. The summed E-state index contributed by atoms with van der Waals surface area (Å²) in [4.78, 5) is 25.2. The third kappa shape index (κ3) is 6.00. The van der Waals surface area contributed by atoms with Gasteiger partial charge in [-0.25, -0.2) is 0 Å². The average molecular weight is 479 g/mol. The van der Waals surface area contributed by atoms with E-state index >= 15 is 0 Å². The standard InChI is InChI=1S/C24H19ClN4O3S/c1-15-3-2-4-18(13-15)24-29-28-23(32-24)17-7-5-16(6-8-17)22(31)27-26-21(30)14-33-20-11-9-19(25)10-12-20/h2-13H,14H2,1H3,(H,26,30)(H,27,31). The van der Waals surface area contributed by atoms with E-state index in [0.29, 0.717) is 27.9 Å². The minimum atomic E-state index is -0.433. The Balaban J connectivity index is 1.31. The van der Waals surface area contributed by atoms with Crippen LogP contribution in [0.1, 0.15) is 15.9 Å². The zero-order valence-electron chi connectivity index (χ0n) is 17.5. The highest BCUT2D eigenvalue weighted by molar-refractivity contribution is 8.00. The number of hydrogen-bond acceptors (Lipinski definition) is 6. The first-order valence-corrected chi connectivity index (χ1v) is 11.3.